The van der Waals surface area contributed by atoms with Crippen molar-refractivity contribution in [2.75, 3.05) is 19.7 Å². The Bertz CT molecular complexity index is 322. The van der Waals surface area contributed by atoms with Crippen LogP contribution < -0.4 is 0 Å². The van der Waals surface area contributed by atoms with Crippen molar-refractivity contribution in [3.05, 3.63) is 0 Å². The van der Waals surface area contributed by atoms with E-state index in [0.29, 0.717) is 6.61 Å². The lowest BCUT2D eigenvalue weighted by molar-refractivity contribution is -0.160. The van der Waals surface area contributed by atoms with Gasteiger partial charge in [0, 0.05) is 0 Å². The number of carbonyl (C=O) groups is 2. The Morgan fingerprint density at radius 1 is 1.26 bits per heavy atom. The highest BCUT2D eigenvalue weighted by Crippen LogP contribution is 2.18. The maximum Gasteiger partial charge on any atom is 0.323 e. The van der Waals surface area contributed by atoms with Gasteiger partial charge in [0.15, 0.2) is 0 Å². The second-order valence-electron chi connectivity index (χ2n) is 5.82. The summed E-state index contributed by atoms with van der Waals surface area (Å²) in [6.45, 7) is 8.57. The van der Waals surface area contributed by atoms with Gasteiger partial charge in [0.25, 0.3) is 0 Å². The summed E-state index contributed by atoms with van der Waals surface area (Å²) in [4.78, 5) is 25.6. The minimum Gasteiger partial charge on any atom is -0.465 e. The molecule has 110 valence electrons. The SMILES string of the molecule is CCOC(=O)C1CCCCN1CC(=O)OC(C)(C)C. The van der Waals surface area contributed by atoms with Gasteiger partial charge in [0.05, 0.1) is 13.2 Å². The van der Waals surface area contributed by atoms with E-state index in [0.717, 1.165) is 25.8 Å². The molecular formula is C14H25NO4. The maximum atomic E-state index is 11.9. The number of piperidine rings is 1. The zero-order valence-corrected chi connectivity index (χ0v) is 12.4. The van der Waals surface area contributed by atoms with E-state index < -0.39 is 5.60 Å². The van der Waals surface area contributed by atoms with E-state index in [-0.39, 0.29) is 24.5 Å². The average Bonchev–Trinajstić information content (AvgIpc) is 2.27. The molecule has 1 unspecified atom stereocenters. The van der Waals surface area contributed by atoms with Crippen molar-refractivity contribution in [2.45, 2.75) is 58.6 Å². The highest BCUT2D eigenvalue weighted by Gasteiger charge is 2.32. The fourth-order valence-electron chi connectivity index (χ4n) is 2.23. The van der Waals surface area contributed by atoms with Crippen LogP contribution in [-0.2, 0) is 19.1 Å². The number of nitrogens with zero attached hydrogens (tertiary/aromatic N) is 1. The smallest absolute Gasteiger partial charge is 0.323 e. The summed E-state index contributed by atoms with van der Waals surface area (Å²) in [5, 5.41) is 0. The van der Waals surface area contributed by atoms with E-state index >= 15 is 0 Å². The van der Waals surface area contributed by atoms with Crippen LogP contribution in [0.4, 0.5) is 0 Å². The van der Waals surface area contributed by atoms with Crippen LogP contribution in [-0.4, -0.2) is 48.2 Å². The molecule has 0 spiro atoms. The first kappa shape index (κ1) is 16.0. The molecule has 0 aromatic carbocycles. The van der Waals surface area contributed by atoms with Gasteiger partial charge in [-0.1, -0.05) is 6.42 Å². The van der Waals surface area contributed by atoms with Crippen molar-refractivity contribution < 1.29 is 19.1 Å². The second kappa shape index (κ2) is 6.89. The Labute approximate surface area is 115 Å². The predicted octanol–water partition coefficient (Wildman–Crippen LogP) is 1.75. The van der Waals surface area contributed by atoms with E-state index in [1.54, 1.807) is 6.92 Å². The van der Waals surface area contributed by atoms with Crippen LogP contribution >= 0.6 is 0 Å². The van der Waals surface area contributed by atoms with E-state index in [4.69, 9.17) is 9.47 Å². The molecule has 1 aliphatic heterocycles. The van der Waals surface area contributed by atoms with Gasteiger partial charge < -0.3 is 9.47 Å². The van der Waals surface area contributed by atoms with Crippen molar-refractivity contribution in [3.63, 3.8) is 0 Å². The average molecular weight is 271 g/mol. The summed E-state index contributed by atoms with van der Waals surface area (Å²) in [5.41, 5.74) is -0.494. The third kappa shape index (κ3) is 5.59. The molecule has 5 heteroatoms. The molecular weight excluding hydrogens is 246 g/mol. The fourth-order valence-corrected chi connectivity index (χ4v) is 2.23. The standard InChI is InChI=1S/C14H25NO4/c1-5-18-13(17)11-8-6-7-9-15(11)10-12(16)19-14(2,3)4/h11H,5-10H2,1-4H3. The molecule has 5 nitrogen and oxygen atoms in total. The Morgan fingerprint density at radius 3 is 2.53 bits per heavy atom. The minimum atomic E-state index is -0.494. The van der Waals surface area contributed by atoms with Crippen LogP contribution in [0.5, 0.6) is 0 Å². The molecule has 0 amide bonds. The number of rotatable bonds is 4. The Morgan fingerprint density at radius 2 is 1.95 bits per heavy atom. The second-order valence-corrected chi connectivity index (χ2v) is 5.82. The zero-order chi connectivity index (χ0) is 14.5. The molecule has 0 radical (unpaired) electrons. The molecule has 1 atom stereocenters. The third-order valence-corrected chi connectivity index (χ3v) is 2.92. The summed E-state index contributed by atoms with van der Waals surface area (Å²) in [5.74, 6) is -0.519. The summed E-state index contributed by atoms with van der Waals surface area (Å²) in [6, 6.07) is -0.304. The highest BCUT2D eigenvalue weighted by molar-refractivity contribution is 5.78. The van der Waals surface area contributed by atoms with Crippen LogP contribution in [0.3, 0.4) is 0 Å². The molecule has 0 aromatic rings. The van der Waals surface area contributed by atoms with E-state index in [2.05, 4.69) is 0 Å². The number of hydrogen-bond acceptors (Lipinski definition) is 5. The molecule has 19 heavy (non-hydrogen) atoms. The lowest BCUT2D eigenvalue weighted by Gasteiger charge is -2.33. The lowest BCUT2D eigenvalue weighted by Crippen LogP contribution is -2.48. The minimum absolute atomic E-state index is 0.154. The Kier molecular flexibility index (Phi) is 5.79. The fraction of sp³-hybridized carbons (Fsp3) is 0.857. The summed E-state index contributed by atoms with van der Waals surface area (Å²) >= 11 is 0. The van der Waals surface area contributed by atoms with Gasteiger partial charge in [0.2, 0.25) is 0 Å². The number of likely N-dealkylation sites (tertiary alicyclic amines) is 1. The Balaban J connectivity index is 2.57. The van der Waals surface area contributed by atoms with Crippen LogP contribution in [0.15, 0.2) is 0 Å². The predicted molar refractivity (Wildman–Crippen MR) is 71.7 cm³/mol. The van der Waals surface area contributed by atoms with E-state index in [1.165, 1.54) is 0 Å². The van der Waals surface area contributed by atoms with Crippen molar-refractivity contribution in [2.24, 2.45) is 0 Å². The first-order chi connectivity index (χ1) is 8.83. The van der Waals surface area contributed by atoms with Gasteiger partial charge in [-0.3, -0.25) is 14.5 Å². The molecule has 0 N–H and O–H groups in total. The Hall–Kier alpha value is -1.10. The molecule has 1 rings (SSSR count). The normalized spacial score (nSPS) is 20.9. The topological polar surface area (TPSA) is 55.8 Å². The lowest BCUT2D eigenvalue weighted by atomic mass is 10.0. The summed E-state index contributed by atoms with van der Waals surface area (Å²) in [7, 11) is 0. The van der Waals surface area contributed by atoms with Gasteiger partial charge in [-0.25, -0.2) is 0 Å². The van der Waals surface area contributed by atoms with Crippen LogP contribution in [0.25, 0.3) is 0 Å². The quantitative estimate of drug-likeness (QED) is 0.729. The van der Waals surface area contributed by atoms with Crippen molar-refractivity contribution in [3.8, 4) is 0 Å². The molecule has 0 aromatic heterocycles. The van der Waals surface area contributed by atoms with Gasteiger partial charge >= 0.3 is 11.9 Å². The first-order valence-corrected chi connectivity index (χ1v) is 6.96. The number of carbonyl (C=O) groups excluding carboxylic acids is 2. The summed E-state index contributed by atoms with van der Waals surface area (Å²) in [6.07, 6.45) is 2.74. The van der Waals surface area contributed by atoms with Gasteiger partial charge in [-0.05, 0) is 47.1 Å². The molecule has 0 saturated carbocycles. The third-order valence-electron chi connectivity index (χ3n) is 2.92. The molecule has 1 saturated heterocycles. The van der Waals surface area contributed by atoms with E-state index in [9.17, 15) is 9.59 Å². The van der Waals surface area contributed by atoms with Crippen LogP contribution in [0, 0.1) is 0 Å². The van der Waals surface area contributed by atoms with Crippen molar-refractivity contribution >= 4 is 11.9 Å². The molecule has 0 bridgehead atoms. The molecule has 1 aliphatic rings. The van der Waals surface area contributed by atoms with Gasteiger partial charge in [0.1, 0.15) is 11.6 Å². The monoisotopic (exact) mass is 271 g/mol. The van der Waals surface area contributed by atoms with Gasteiger partial charge in [-0.15, -0.1) is 0 Å². The van der Waals surface area contributed by atoms with E-state index in [1.807, 2.05) is 25.7 Å². The number of esters is 2. The van der Waals surface area contributed by atoms with Crippen LogP contribution in [0.2, 0.25) is 0 Å². The van der Waals surface area contributed by atoms with Crippen LogP contribution in [0.1, 0.15) is 47.0 Å². The molecule has 1 fully saturated rings. The molecule has 1 heterocycles. The van der Waals surface area contributed by atoms with Crippen molar-refractivity contribution in [1.82, 2.24) is 4.90 Å². The first-order valence-electron chi connectivity index (χ1n) is 6.96. The van der Waals surface area contributed by atoms with Crippen molar-refractivity contribution in [1.29, 1.82) is 0 Å². The zero-order valence-electron chi connectivity index (χ0n) is 12.4. The summed E-state index contributed by atoms with van der Waals surface area (Å²) < 4.78 is 10.4. The number of hydrogen-bond donors (Lipinski definition) is 0. The number of ether oxygens (including phenoxy) is 2. The maximum absolute atomic E-state index is 11.9. The largest absolute Gasteiger partial charge is 0.465 e. The van der Waals surface area contributed by atoms with Gasteiger partial charge in [-0.2, -0.15) is 0 Å². The molecule has 0 aliphatic carbocycles. The highest BCUT2D eigenvalue weighted by atomic mass is 16.6.